The monoisotopic (exact) mass is 523 g/mol. The van der Waals surface area contributed by atoms with Crippen LogP contribution in [0.25, 0.3) is 6.08 Å². The fourth-order valence-electron chi connectivity index (χ4n) is 4.56. The minimum Gasteiger partial charge on any atom is -0.497 e. The van der Waals surface area contributed by atoms with E-state index in [4.69, 9.17) is 9.73 Å². The lowest BCUT2D eigenvalue weighted by atomic mass is 9.95. The highest BCUT2D eigenvalue weighted by Crippen LogP contribution is 2.31. The third kappa shape index (κ3) is 4.97. The Labute approximate surface area is 225 Å². The van der Waals surface area contributed by atoms with Crippen LogP contribution in [-0.4, -0.2) is 17.6 Å². The standard InChI is InChI=1S/C31H29N3O3S/c1-19(2)22-12-10-21(11-13-22)18-26-30(36)34-28(23-14-16-25(37-4)17-15-23)27(20(3)32-31(34)38-26)29(35)33-24-8-6-5-7-9-24/h5-19,28H,1-4H3,(H,33,35)/b26-18+/t28-/m1/s1. The maximum Gasteiger partial charge on any atom is 0.271 e. The minimum absolute atomic E-state index is 0.181. The minimum atomic E-state index is -0.633. The molecular formula is C31H29N3O3S. The van der Waals surface area contributed by atoms with Crippen LogP contribution in [0.15, 0.2) is 99.9 Å². The maximum absolute atomic E-state index is 13.8. The van der Waals surface area contributed by atoms with Gasteiger partial charge in [-0.3, -0.25) is 14.2 Å². The normalized spacial score (nSPS) is 15.3. The van der Waals surface area contributed by atoms with Crippen LogP contribution in [0.5, 0.6) is 5.75 Å². The first-order valence-electron chi connectivity index (χ1n) is 12.5. The molecule has 0 spiro atoms. The number of anilines is 1. The van der Waals surface area contributed by atoms with Crippen LogP contribution in [0.4, 0.5) is 5.69 Å². The summed E-state index contributed by atoms with van der Waals surface area (Å²) in [7, 11) is 1.61. The molecule has 0 bridgehead atoms. The van der Waals surface area contributed by atoms with Crippen molar-refractivity contribution in [2.24, 2.45) is 4.99 Å². The Morgan fingerprint density at radius 3 is 2.34 bits per heavy atom. The molecule has 7 heteroatoms. The van der Waals surface area contributed by atoms with Gasteiger partial charge in [-0.05, 0) is 59.9 Å². The Morgan fingerprint density at radius 2 is 1.71 bits per heavy atom. The van der Waals surface area contributed by atoms with Crippen molar-refractivity contribution in [2.75, 3.05) is 12.4 Å². The van der Waals surface area contributed by atoms with Crippen molar-refractivity contribution in [1.82, 2.24) is 4.57 Å². The van der Waals surface area contributed by atoms with Crippen LogP contribution in [-0.2, 0) is 4.79 Å². The average Bonchev–Trinajstić information content (AvgIpc) is 3.22. The van der Waals surface area contributed by atoms with Gasteiger partial charge in [0.25, 0.3) is 11.5 Å². The summed E-state index contributed by atoms with van der Waals surface area (Å²) >= 11 is 1.33. The molecule has 0 saturated carbocycles. The van der Waals surface area contributed by atoms with Crippen LogP contribution in [0.3, 0.4) is 0 Å². The Kier molecular flexibility index (Phi) is 7.11. The van der Waals surface area contributed by atoms with Gasteiger partial charge in [-0.25, -0.2) is 4.99 Å². The quantitative estimate of drug-likeness (QED) is 0.386. The first kappa shape index (κ1) is 25.4. The average molecular weight is 524 g/mol. The molecule has 0 fully saturated rings. The number of thiazole rings is 1. The number of carbonyl (C=O) groups is 1. The molecule has 192 valence electrons. The molecule has 1 aliphatic rings. The molecule has 5 rings (SSSR count). The molecule has 1 amide bonds. The molecule has 1 N–H and O–H groups in total. The Bertz CT molecular complexity index is 1680. The summed E-state index contributed by atoms with van der Waals surface area (Å²) in [6.45, 7) is 6.12. The molecule has 1 atom stereocenters. The molecule has 0 unspecified atom stereocenters. The largest absolute Gasteiger partial charge is 0.497 e. The van der Waals surface area contributed by atoms with E-state index in [0.29, 0.717) is 38.0 Å². The van der Waals surface area contributed by atoms with E-state index < -0.39 is 6.04 Å². The van der Waals surface area contributed by atoms with E-state index in [9.17, 15) is 9.59 Å². The lowest BCUT2D eigenvalue weighted by Crippen LogP contribution is -2.40. The molecule has 6 nitrogen and oxygen atoms in total. The van der Waals surface area contributed by atoms with Crippen LogP contribution in [0.1, 0.15) is 49.4 Å². The van der Waals surface area contributed by atoms with Crippen molar-refractivity contribution >= 4 is 29.0 Å². The molecule has 1 aliphatic heterocycles. The number of hydrogen-bond acceptors (Lipinski definition) is 5. The predicted octanol–water partition coefficient (Wildman–Crippen LogP) is 5.01. The zero-order chi connectivity index (χ0) is 26.8. The van der Waals surface area contributed by atoms with E-state index in [2.05, 4.69) is 31.3 Å². The molecular weight excluding hydrogens is 494 g/mol. The van der Waals surface area contributed by atoms with E-state index in [1.807, 2.05) is 79.7 Å². The lowest BCUT2D eigenvalue weighted by Gasteiger charge is -2.25. The fourth-order valence-corrected chi connectivity index (χ4v) is 5.61. The van der Waals surface area contributed by atoms with Crippen molar-refractivity contribution < 1.29 is 9.53 Å². The van der Waals surface area contributed by atoms with Crippen molar-refractivity contribution in [3.8, 4) is 5.75 Å². The zero-order valence-electron chi connectivity index (χ0n) is 21.8. The lowest BCUT2D eigenvalue weighted by molar-refractivity contribution is -0.113. The van der Waals surface area contributed by atoms with Crippen LogP contribution in [0.2, 0.25) is 0 Å². The second-order valence-electron chi connectivity index (χ2n) is 9.50. The summed E-state index contributed by atoms with van der Waals surface area (Å²) in [5, 5.41) is 2.97. The first-order valence-corrected chi connectivity index (χ1v) is 13.3. The fraction of sp³-hybridized carbons (Fsp3) is 0.194. The van der Waals surface area contributed by atoms with Crippen LogP contribution in [0, 0.1) is 0 Å². The van der Waals surface area contributed by atoms with E-state index in [-0.39, 0.29) is 11.5 Å². The molecule has 38 heavy (non-hydrogen) atoms. The molecule has 2 heterocycles. The third-order valence-electron chi connectivity index (χ3n) is 6.63. The summed E-state index contributed by atoms with van der Waals surface area (Å²) in [5.74, 6) is 0.834. The zero-order valence-corrected chi connectivity index (χ0v) is 22.6. The van der Waals surface area contributed by atoms with Gasteiger partial charge in [-0.1, -0.05) is 79.8 Å². The Balaban J connectivity index is 1.64. The summed E-state index contributed by atoms with van der Waals surface area (Å²) in [6.07, 6.45) is 1.89. The highest BCUT2D eigenvalue weighted by atomic mass is 32.1. The van der Waals surface area contributed by atoms with E-state index in [1.54, 1.807) is 11.7 Å². The van der Waals surface area contributed by atoms with Gasteiger partial charge in [-0.2, -0.15) is 0 Å². The van der Waals surface area contributed by atoms with Gasteiger partial charge in [0.15, 0.2) is 4.80 Å². The summed E-state index contributed by atoms with van der Waals surface area (Å²) in [4.78, 5) is 32.7. The number of methoxy groups -OCH3 is 1. The number of fused-ring (bicyclic) bond motifs is 1. The van der Waals surface area contributed by atoms with Gasteiger partial charge >= 0.3 is 0 Å². The molecule has 3 aromatic carbocycles. The molecule has 1 aromatic heterocycles. The number of ether oxygens (including phenoxy) is 1. The van der Waals surface area contributed by atoms with E-state index >= 15 is 0 Å². The van der Waals surface area contributed by atoms with Crippen LogP contribution < -0.4 is 24.9 Å². The second-order valence-corrected chi connectivity index (χ2v) is 10.5. The van der Waals surface area contributed by atoms with Gasteiger partial charge in [0, 0.05) is 5.69 Å². The van der Waals surface area contributed by atoms with Gasteiger partial charge in [0.1, 0.15) is 5.75 Å². The smallest absolute Gasteiger partial charge is 0.271 e. The highest BCUT2D eigenvalue weighted by Gasteiger charge is 2.32. The van der Waals surface area contributed by atoms with Gasteiger partial charge < -0.3 is 10.1 Å². The summed E-state index contributed by atoms with van der Waals surface area (Å²) in [5.41, 5.74) is 4.49. The number of carbonyl (C=O) groups excluding carboxylic acids is 1. The topological polar surface area (TPSA) is 72.7 Å². The van der Waals surface area contributed by atoms with E-state index in [1.165, 1.54) is 16.9 Å². The Morgan fingerprint density at radius 1 is 1.03 bits per heavy atom. The van der Waals surface area contributed by atoms with Crippen LogP contribution >= 0.6 is 11.3 Å². The first-order chi connectivity index (χ1) is 18.4. The molecule has 0 radical (unpaired) electrons. The summed E-state index contributed by atoms with van der Waals surface area (Å²) in [6, 6.07) is 24.3. The van der Waals surface area contributed by atoms with Gasteiger partial charge in [0.2, 0.25) is 0 Å². The number of hydrogen-bond donors (Lipinski definition) is 1. The maximum atomic E-state index is 13.8. The molecule has 0 aliphatic carbocycles. The number of aromatic nitrogens is 1. The predicted molar refractivity (Wildman–Crippen MR) is 152 cm³/mol. The Hall–Kier alpha value is -4.23. The van der Waals surface area contributed by atoms with E-state index in [0.717, 1.165) is 11.1 Å². The number of benzene rings is 3. The number of para-hydroxylation sites is 1. The third-order valence-corrected chi connectivity index (χ3v) is 7.61. The van der Waals surface area contributed by atoms with Crippen molar-refractivity contribution in [1.29, 1.82) is 0 Å². The number of nitrogens with zero attached hydrogens (tertiary/aromatic N) is 2. The highest BCUT2D eigenvalue weighted by molar-refractivity contribution is 7.07. The van der Waals surface area contributed by atoms with Crippen molar-refractivity contribution in [3.05, 3.63) is 127 Å². The van der Waals surface area contributed by atoms with Crippen molar-refractivity contribution in [2.45, 2.75) is 32.7 Å². The second kappa shape index (κ2) is 10.6. The summed E-state index contributed by atoms with van der Waals surface area (Å²) < 4.78 is 7.54. The number of rotatable bonds is 6. The number of amides is 1. The number of nitrogens with one attached hydrogen (secondary N) is 1. The van der Waals surface area contributed by atoms with Gasteiger partial charge in [-0.15, -0.1) is 0 Å². The molecule has 0 saturated heterocycles. The number of allylic oxidation sites excluding steroid dienone is 1. The van der Waals surface area contributed by atoms with Crippen molar-refractivity contribution in [3.63, 3.8) is 0 Å². The SMILES string of the molecule is COc1ccc([C@@H]2C(C(=O)Nc3ccccc3)=C(C)N=c3s/c(=C/c4ccc(C(C)C)cc4)c(=O)n32)cc1. The van der Waals surface area contributed by atoms with Gasteiger partial charge in [0.05, 0.1) is 29.0 Å². The molecule has 4 aromatic rings.